The minimum atomic E-state index is 0.257. The molecule has 2 aliphatic rings. The van der Waals surface area contributed by atoms with Gasteiger partial charge in [0.05, 0.1) is 24.1 Å². The predicted octanol–water partition coefficient (Wildman–Crippen LogP) is 2.18. The quantitative estimate of drug-likeness (QED) is 0.771. The van der Waals surface area contributed by atoms with Gasteiger partial charge in [0.15, 0.2) is 5.78 Å². The number of hydrogen-bond donors (Lipinski definition) is 0. The molecule has 1 aromatic heterocycles. The minimum Gasteiger partial charge on any atom is -0.375 e. The molecule has 0 radical (unpaired) electrons. The van der Waals surface area contributed by atoms with Crippen LogP contribution in [-0.4, -0.2) is 42.5 Å². The molecular weight excluding hydrogens is 234 g/mol. The number of nitrogens with zero attached hydrogens (tertiary/aromatic N) is 1. The van der Waals surface area contributed by atoms with E-state index in [1.807, 2.05) is 17.5 Å². The Kier molecular flexibility index (Phi) is 3.27. The third-order valence-electron chi connectivity index (χ3n) is 3.74. The molecule has 1 saturated heterocycles. The lowest BCUT2D eigenvalue weighted by molar-refractivity contribution is -0.0522. The predicted molar refractivity (Wildman–Crippen MR) is 67.6 cm³/mol. The zero-order chi connectivity index (χ0) is 11.7. The molecule has 0 spiro atoms. The van der Waals surface area contributed by atoms with Gasteiger partial charge >= 0.3 is 0 Å². The first-order chi connectivity index (χ1) is 8.34. The van der Waals surface area contributed by atoms with E-state index in [4.69, 9.17) is 4.74 Å². The van der Waals surface area contributed by atoms with Crippen LogP contribution >= 0.6 is 11.3 Å². The molecule has 92 valence electrons. The van der Waals surface area contributed by atoms with E-state index in [2.05, 4.69) is 4.90 Å². The summed E-state index contributed by atoms with van der Waals surface area (Å²) in [6, 6.07) is 4.34. The summed E-state index contributed by atoms with van der Waals surface area (Å²) in [7, 11) is 0. The number of ether oxygens (including phenoxy) is 1. The van der Waals surface area contributed by atoms with Gasteiger partial charge in [-0.15, -0.1) is 11.3 Å². The zero-order valence-electron chi connectivity index (χ0n) is 9.80. The van der Waals surface area contributed by atoms with Crippen molar-refractivity contribution in [3.63, 3.8) is 0 Å². The van der Waals surface area contributed by atoms with Crippen molar-refractivity contribution in [1.29, 1.82) is 0 Å². The van der Waals surface area contributed by atoms with Crippen molar-refractivity contribution in [2.75, 3.05) is 19.7 Å². The lowest BCUT2D eigenvalue weighted by Crippen LogP contribution is -2.50. The maximum absolute atomic E-state index is 12.1. The third-order valence-corrected chi connectivity index (χ3v) is 4.65. The number of morpholine rings is 1. The molecule has 2 unspecified atom stereocenters. The molecule has 2 fully saturated rings. The fourth-order valence-corrected chi connectivity index (χ4v) is 3.56. The maximum Gasteiger partial charge on any atom is 0.186 e. The van der Waals surface area contributed by atoms with E-state index in [1.165, 1.54) is 24.2 Å². The molecule has 2 atom stereocenters. The van der Waals surface area contributed by atoms with Gasteiger partial charge in [-0.2, -0.15) is 0 Å². The van der Waals surface area contributed by atoms with Gasteiger partial charge in [0.1, 0.15) is 0 Å². The number of ketones is 1. The van der Waals surface area contributed by atoms with E-state index in [-0.39, 0.29) is 5.78 Å². The van der Waals surface area contributed by atoms with Crippen LogP contribution in [0, 0.1) is 0 Å². The number of carbonyl (C=O) groups excluding carboxylic acids is 1. The van der Waals surface area contributed by atoms with Crippen LogP contribution in [-0.2, 0) is 4.74 Å². The SMILES string of the molecule is O=C(CN1CCOC2CCCC21)c1cccs1. The number of Topliss-reactive ketones (excluding diaryl/α,β-unsaturated/α-hetero) is 1. The summed E-state index contributed by atoms with van der Waals surface area (Å²) in [6.45, 7) is 2.24. The maximum atomic E-state index is 12.1. The van der Waals surface area contributed by atoms with Crippen LogP contribution in [0.15, 0.2) is 17.5 Å². The van der Waals surface area contributed by atoms with Gasteiger partial charge in [0.25, 0.3) is 0 Å². The molecule has 3 nitrogen and oxygen atoms in total. The molecule has 0 bridgehead atoms. The van der Waals surface area contributed by atoms with E-state index in [1.54, 1.807) is 0 Å². The van der Waals surface area contributed by atoms with Crippen molar-refractivity contribution in [1.82, 2.24) is 4.90 Å². The highest BCUT2D eigenvalue weighted by Gasteiger charge is 2.36. The Bertz CT molecular complexity index is 390. The van der Waals surface area contributed by atoms with Crippen LogP contribution in [0.1, 0.15) is 28.9 Å². The number of rotatable bonds is 3. The second kappa shape index (κ2) is 4.88. The molecule has 4 heteroatoms. The molecular formula is C13H17NO2S. The van der Waals surface area contributed by atoms with Crippen LogP contribution in [0.5, 0.6) is 0 Å². The van der Waals surface area contributed by atoms with Gasteiger partial charge < -0.3 is 4.74 Å². The van der Waals surface area contributed by atoms with Gasteiger partial charge in [0.2, 0.25) is 0 Å². The summed E-state index contributed by atoms with van der Waals surface area (Å²) in [5.74, 6) is 0.257. The fraction of sp³-hybridized carbons (Fsp3) is 0.615. The van der Waals surface area contributed by atoms with Crippen LogP contribution in [0.4, 0.5) is 0 Å². The normalized spacial score (nSPS) is 29.2. The lowest BCUT2D eigenvalue weighted by atomic mass is 10.1. The number of hydrogen-bond acceptors (Lipinski definition) is 4. The van der Waals surface area contributed by atoms with E-state index >= 15 is 0 Å². The minimum absolute atomic E-state index is 0.257. The molecule has 1 aliphatic heterocycles. The van der Waals surface area contributed by atoms with Crippen molar-refractivity contribution in [2.24, 2.45) is 0 Å². The Morgan fingerprint density at radius 3 is 3.29 bits per heavy atom. The summed E-state index contributed by atoms with van der Waals surface area (Å²) in [5.41, 5.74) is 0. The van der Waals surface area contributed by atoms with E-state index in [0.29, 0.717) is 18.7 Å². The average molecular weight is 251 g/mol. The first-order valence-electron chi connectivity index (χ1n) is 6.27. The van der Waals surface area contributed by atoms with E-state index < -0.39 is 0 Å². The van der Waals surface area contributed by atoms with Gasteiger partial charge in [-0.1, -0.05) is 6.07 Å². The molecule has 0 aromatic carbocycles. The Labute approximate surface area is 105 Å². The van der Waals surface area contributed by atoms with Crippen molar-refractivity contribution in [2.45, 2.75) is 31.4 Å². The highest BCUT2D eigenvalue weighted by atomic mass is 32.1. The fourth-order valence-electron chi connectivity index (χ4n) is 2.90. The number of thiophene rings is 1. The molecule has 2 heterocycles. The highest BCUT2D eigenvalue weighted by Crippen LogP contribution is 2.29. The smallest absolute Gasteiger partial charge is 0.186 e. The van der Waals surface area contributed by atoms with E-state index in [0.717, 1.165) is 24.4 Å². The van der Waals surface area contributed by atoms with Crippen LogP contribution in [0.3, 0.4) is 0 Å². The zero-order valence-corrected chi connectivity index (χ0v) is 10.6. The largest absolute Gasteiger partial charge is 0.375 e. The summed E-state index contributed by atoms with van der Waals surface area (Å²) in [5, 5.41) is 1.96. The average Bonchev–Trinajstić information content (AvgIpc) is 3.00. The molecule has 1 saturated carbocycles. The lowest BCUT2D eigenvalue weighted by Gasteiger charge is -2.37. The first-order valence-corrected chi connectivity index (χ1v) is 7.15. The summed E-state index contributed by atoms with van der Waals surface area (Å²) < 4.78 is 5.75. The molecule has 17 heavy (non-hydrogen) atoms. The topological polar surface area (TPSA) is 29.5 Å². The molecule has 0 N–H and O–H groups in total. The summed E-state index contributed by atoms with van der Waals surface area (Å²) >= 11 is 1.54. The summed E-state index contributed by atoms with van der Waals surface area (Å²) in [4.78, 5) is 15.3. The standard InChI is InChI=1S/C13H17NO2S/c15-11(13-5-2-8-17-13)9-14-6-7-16-12-4-1-3-10(12)14/h2,5,8,10,12H,1,3-4,6-7,9H2. The third kappa shape index (κ3) is 2.30. The van der Waals surface area contributed by atoms with E-state index in [9.17, 15) is 4.79 Å². The summed E-state index contributed by atoms with van der Waals surface area (Å²) in [6.07, 6.45) is 3.95. The Morgan fingerprint density at radius 1 is 1.53 bits per heavy atom. The Balaban J connectivity index is 1.66. The van der Waals surface area contributed by atoms with Crippen LogP contribution in [0.2, 0.25) is 0 Å². The van der Waals surface area contributed by atoms with Crippen molar-refractivity contribution >= 4 is 17.1 Å². The van der Waals surface area contributed by atoms with Gasteiger partial charge in [0, 0.05) is 12.6 Å². The Morgan fingerprint density at radius 2 is 2.47 bits per heavy atom. The molecule has 3 rings (SSSR count). The van der Waals surface area contributed by atoms with Crippen LogP contribution in [0.25, 0.3) is 0 Å². The van der Waals surface area contributed by atoms with Crippen molar-refractivity contribution < 1.29 is 9.53 Å². The monoisotopic (exact) mass is 251 g/mol. The van der Waals surface area contributed by atoms with Crippen LogP contribution < -0.4 is 0 Å². The van der Waals surface area contributed by atoms with Crippen molar-refractivity contribution in [3.8, 4) is 0 Å². The first kappa shape index (κ1) is 11.4. The highest BCUT2D eigenvalue weighted by molar-refractivity contribution is 7.12. The molecule has 1 aliphatic carbocycles. The van der Waals surface area contributed by atoms with Gasteiger partial charge in [-0.3, -0.25) is 9.69 Å². The second-order valence-corrected chi connectivity index (χ2v) is 5.73. The molecule has 0 amide bonds. The number of fused-ring (bicyclic) bond motifs is 1. The van der Waals surface area contributed by atoms with Gasteiger partial charge in [-0.25, -0.2) is 0 Å². The Hall–Kier alpha value is -0.710. The van der Waals surface area contributed by atoms with Crippen molar-refractivity contribution in [3.05, 3.63) is 22.4 Å². The second-order valence-electron chi connectivity index (χ2n) is 4.78. The molecule has 1 aromatic rings. The van der Waals surface area contributed by atoms with Gasteiger partial charge in [-0.05, 0) is 30.7 Å². The number of carbonyl (C=O) groups is 1.